The predicted molar refractivity (Wildman–Crippen MR) is 99.3 cm³/mol. The average Bonchev–Trinajstić information content (AvgIpc) is 2.71. The van der Waals surface area contributed by atoms with Crippen LogP contribution >= 0.6 is 0 Å². The molecule has 1 aromatic carbocycles. The highest BCUT2D eigenvalue weighted by Gasteiger charge is 2.55. The number of hydrogen-bond donors (Lipinski definition) is 0. The molecule has 0 unspecified atom stereocenters. The smallest absolute Gasteiger partial charge is 0.471 e. The van der Waals surface area contributed by atoms with Gasteiger partial charge in [-0.3, -0.25) is 9.59 Å². The lowest BCUT2D eigenvalue weighted by Gasteiger charge is -2.53. The summed E-state index contributed by atoms with van der Waals surface area (Å²) in [5.74, 6) is -1.30. The van der Waals surface area contributed by atoms with E-state index in [0.29, 0.717) is 17.1 Å². The molecule has 0 radical (unpaired) electrons. The molecule has 1 fully saturated rings. The van der Waals surface area contributed by atoms with Crippen molar-refractivity contribution in [2.45, 2.75) is 30.5 Å². The molecule has 4 rings (SSSR count). The molecule has 0 aromatic heterocycles. The van der Waals surface area contributed by atoms with Crippen molar-refractivity contribution in [3.05, 3.63) is 46.7 Å². The van der Waals surface area contributed by atoms with Crippen LogP contribution in [-0.4, -0.2) is 56.7 Å². The van der Waals surface area contributed by atoms with Gasteiger partial charge in [-0.1, -0.05) is 0 Å². The maximum absolute atomic E-state index is 13.2. The van der Waals surface area contributed by atoms with Crippen LogP contribution in [0.4, 0.5) is 13.2 Å². The van der Waals surface area contributed by atoms with Crippen molar-refractivity contribution in [2.24, 2.45) is 0 Å². The lowest BCUT2D eigenvalue weighted by molar-refractivity contribution is -0.188. The monoisotopic (exact) mass is 423 g/mol. The number of benzene rings is 1. The molecule has 6 nitrogen and oxygen atoms in total. The van der Waals surface area contributed by atoms with Crippen molar-refractivity contribution in [2.75, 3.05) is 27.9 Å². The fourth-order valence-electron chi connectivity index (χ4n) is 4.82. The summed E-state index contributed by atoms with van der Waals surface area (Å²) in [5, 5.41) is 0. The Morgan fingerprint density at radius 3 is 2.40 bits per heavy atom. The minimum atomic E-state index is -5.00. The van der Waals surface area contributed by atoms with Crippen molar-refractivity contribution in [1.82, 2.24) is 4.90 Å². The predicted octanol–water partition coefficient (Wildman–Crippen LogP) is 2.70. The number of rotatable bonds is 3. The Hall–Kier alpha value is -2.97. The minimum Gasteiger partial charge on any atom is -0.493 e. The van der Waals surface area contributed by atoms with E-state index in [2.05, 4.69) is 0 Å². The molecule has 0 N–H and O–H groups in total. The van der Waals surface area contributed by atoms with Gasteiger partial charge in [-0.05, 0) is 53.8 Å². The Morgan fingerprint density at radius 1 is 1.13 bits per heavy atom. The Balaban J connectivity index is 1.94. The summed E-state index contributed by atoms with van der Waals surface area (Å²) < 4.78 is 55.7. The SMILES string of the molecule is COC1=C[C@@]23CCN(C(=O)C(F)(F)F)[C@@H](Cc4cc(OC)c(OC)cc42)C3=CC1=O. The van der Waals surface area contributed by atoms with Crippen LogP contribution in [0.3, 0.4) is 0 Å². The number of nitrogens with zero attached hydrogens (tertiary/aromatic N) is 1. The normalized spacial score (nSPS) is 24.9. The summed E-state index contributed by atoms with van der Waals surface area (Å²) in [6, 6.07) is 2.62. The number of alkyl halides is 3. The molecule has 1 aromatic rings. The zero-order valence-electron chi connectivity index (χ0n) is 16.6. The molecule has 2 bridgehead atoms. The maximum atomic E-state index is 13.2. The molecule has 1 aliphatic heterocycles. The first-order chi connectivity index (χ1) is 14.2. The average molecular weight is 423 g/mol. The van der Waals surface area contributed by atoms with Gasteiger partial charge in [-0.15, -0.1) is 0 Å². The number of ketones is 1. The number of carbonyl (C=O) groups is 2. The topological polar surface area (TPSA) is 65.1 Å². The van der Waals surface area contributed by atoms with Gasteiger partial charge in [0.25, 0.3) is 0 Å². The summed E-state index contributed by atoms with van der Waals surface area (Å²) in [6.45, 7) is -0.101. The van der Waals surface area contributed by atoms with Crippen molar-refractivity contribution < 1.29 is 37.0 Å². The number of carbonyl (C=O) groups excluding carboxylic acids is 2. The van der Waals surface area contributed by atoms with Crippen LogP contribution < -0.4 is 9.47 Å². The van der Waals surface area contributed by atoms with E-state index in [1.165, 1.54) is 27.4 Å². The van der Waals surface area contributed by atoms with E-state index >= 15 is 0 Å². The van der Waals surface area contributed by atoms with Gasteiger partial charge in [0.05, 0.1) is 27.4 Å². The van der Waals surface area contributed by atoms with Crippen molar-refractivity contribution >= 4 is 11.7 Å². The Bertz CT molecular complexity index is 997. The van der Waals surface area contributed by atoms with Crippen LogP contribution in [0.25, 0.3) is 0 Å². The first kappa shape index (κ1) is 20.3. The molecule has 1 heterocycles. The second-order valence-electron chi connectivity index (χ2n) is 7.48. The number of halogens is 3. The van der Waals surface area contributed by atoms with E-state index < -0.39 is 29.3 Å². The number of allylic oxidation sites excluding steroid dienone is 2. The Kier molecular flexibility index (Phi) is 4.59. The van der Waals surface area contributed by atoms with E-state index in [4.69, 9.17) is 14.2 Å². The zero-order valence-corrected chi connectivity index (χ0v) is 16.6. The van der Waals surface area contributed by atoms with Gasteiger partial charge in [0.1, 0.15) is 0 Å². The zero-order chi connectivity index (χ0) is 21.8. The van der Waals surface area contributed by atoms with Gasteiger partial charge < -0.3 is 19.1 Å². The second kappa shape index (κ2) is 6.78. The minimum absolute atomic E-state index is 0.101. The summed E-state index contributed by atoms with van der Waals surface area (Å²) in [4.78, 5) is 25.4. The summed E-state index contributed by atoms with van der Waals surface area (Å²) in [6.07, 6.45) is -1.70. The largest absolute Gasteiger partial charge is 0.493 e. The van der Waals surface area contributed by atoms with Crippen LogP contribution in [0.1, 0.15) is 17.5 Å². The van der Waals surface area contributed by atoms with Crippen molar-refractivity contribution in [3.8, 4) is 11.5 Å². The fraction of sp³-hybridized carbons (Fsp3) is 0.429. The molecule has 0 saturated carbocycles. The molecule has 30 heavy (non-hydrogen) atoms. The molecule has 9 heteroatoms. The molecule has 2 aliphatic carbocycles. The highest BCUT2D eigenvalue weighted by atomic mass is 19.4. The van der Waals surface area contributed by atoms with Crippen molar-refractivity contribution in [1.29, 1.82) is 0 Å². The van der Waals surface area contributed by atoms with Gasteiger partial charge >= 0.3 is 12.1 Å². The van der Waals surface area contributed by atoms with Gasteiger partial charge in [-0.2, -0.15) is 13.2 Å². The maximum Gasteiger partial charge on any atom is 0.471 e. The van der Waals surface area contributed by atoms with E-state index in [1.807, 2.05) is 0 Å². The van der Waals surface area contributed by atoms with Crippen LogP contribution in [-0.2, 0) is 26.2 Å². The molecular weight excluding hydrogens is 403 g/mol. The molecule has 160 valence electrons. The molecule has 1 amide bonds. The van der Waals surface area contributed by atoms with Gasteiger partial charge in [0.2, 0.25) is 5.78 Å². The third-order valence-corrected chi connectivity index (χ3v) is 6.13. The number of hydrogen-bond acceptors (Lipinski definition) is 5. The number of fused-ring (bicyclic) bond motifs is 1. The van der Waals surface area contributed by atoms with E-state index in [9.17, 15) is 22.8 Å². The highest BCUT2D eigenvalue weighted by Crippen LogP contribution is 2.54. The second-order valence-corrected chi connectivity index (χ2v) is 7.48. The number of amides is 1. The summed E-state index contributed by atoms with van der Waals surface area (Å²) in [5.41, 5.74) is 1.15. The molecule has 2 atom stereocenters. The van der Waals surface area contributed by atoms with E-state index in [1.54, 1.807) is 18.2 Å². The van der Waals surface area contributed by atoms with Gasteiger partial charge in [0, 0.05) is 12.0 Å². The van der Waals surface area contributed by atoms with Crippen LogP contribution in [0, 0.1) is 0 Å². The standard InChI is InChI=1S/C21H20F3NO5/c1-28-16-7-11-6-14-13-8-15(26)18(30-3)10-20(13,12(11)9-17(16)29-2)4-5-25(14)19(27)21(22,23)24/h7-10,14H,4-6H2,1-3H3/t14-,20-/m0/s1. The lowest BCUT2D eigenvalue weighted by Crippen LogP contribution is -2.59. The number of ether oxygens (including phenoxy) is 3. The van der Waals surface area contributed by atoms with Crippen LogP contribution in [0.5, 0.6) is 11.5 Å². The first-order valence-corrected chi connectivity index (χ1v) is 9.32. The summed E-state index contributed by atoms with van der Waals surface area (Å²) >= 11 is 0. The summed E-state index contributed by atoms with van der Waals surface area (Å²) in [7, 11) is 4.34. The third-order valence-electron chi connectivity index (χ3n) is 6.13. The van der Waals surface area contributed by atoms with Crippen LogP contribution in [0.2, 0.25) is 0 Å². The molecule has 0 spiro atoms. The first-order valence-electron chi connectivity index (χ1n) is 9.32. The van der Waals surface area contributed by atoms with Gasteiger partial charge in [0.15, 0.2) is 17.3 Å². The third kappa shape index (κ3) is 2.79. The Morgan fingerprint density at radius 2 is 1.80 bits per heavy atom. The van der Waals surface area contributed by atoms with Crippen LogP contribution in [0.15, 0.2) is 35.6 Å². The number of methoxy groups -OCH3 is 3. The van der Waals surface area contributed by atoms with E-state index in [-0.39, 0.29) is 25.1 Å². The number of piperidine rings is 1. The van der Waals surface area contributed by atoms with E-state index in [0.717, 1.165) is 16.0 Å². The Labute approximate surface area is 170 Å². The lowest BCUT2D eigenvalue weighted by atomic mass is 9.58. The molecule has 3 aliphatic rings. The fourth-order valence-corrected chi connectivity index (χ4v) is 4.82. The number of likely N-dealkylation sites (tertiary alicyclic amines) is 1. The molecular formula is C21H20F3NO5. The highest BCUT2D eigenvalue weighted by molar-refractivity contribution is 6.05. The van der Waals surface area contributed by atoms with Gasteiger partial charge in [-0.25, -0.2) is 0 Å². The quantitative estimate of drug-likeness (QED) is 0.748. The van der Waals surface area contributed by atoms with Crippen molar-refractivity contribution in [3.63, 3.8) is 0 Å². The molecule has 1 saturated heterocycles.